The molecule has 112 valence electrons. The van der Waals surface area contributed by atoms with Crippen molar-refractivity contribution < 1.29 is 19.4 Å². The largest absolute Gasteiger partial charge is 0.481 e. The van der Waals surface area contributed by atoms with Crippen molar-refractivity contribution in [2.24, 2.45) is 17.8 Å². The van der Waals surface area contributed by atoms with Gasteiger partial charge in [-0.25, -0.2) is 4.79 Å². The highest BCUT2D eigenvalue weighted by Crippen LogP contribution is 2.55. The molecule has 3 fully saturated rings. The molecule has 5 atom stereocenters. The van der Waals surface area contributed by atoms with Crippen LogP contribution in [0.4, 0.5) is 4.79 Å². The van der Waals surface area contributed by atoms with Crippen molar-refractivity contribution in [1.29, 1.82) is 0 Å². The number of carboxylic acid groups (broad SMARTS) is 1. The minimum atomic E-state index is -0.823. The van der Waals surface area contributed by atoms with Crippen molar-refractivity contribution in [2.45, 2.75) is 37.8 Å². The molecular formula is C14H22N2O4. The van der Waals surface area contributed by atoms with Gasteiger partial charge in [0.2, 0.25) is 0 Å². The van der Waals surface area contributed by atoms with Crippen molar-refractivity contribution in [3.05, 3.63) is 0 Å². The maximum absolute atomic E-state index is 12.3. The standard InChI is InChI=1S/C14H22N2O4/c1-20-13-8-5-9-7-16(12(13)10(9)6-8)14(19)15-4-2-3-11(17)18/h8-10,12-13H,2-7H2,1H3,(H,15,19)(H,17,18)/t8-,9-,10-,12+,13+/m0/s1. The Kier molecular flexibility index (Phi) is 3.58. The molecule has 6 nitrogen and oxygen atoms in total. The van der Waals surface area contributed by atoms with E-state index in [9.17, 15) is 9.59 Å². The molecule has 3 aliphatic rings. The van der Waals surface area contributed by atoms with E-state index in [4.69, 9.17) is 9.84 Å². The van der Waals surface area contributed by atoms with E-state index in [1.54, 1.807) is 7.11 Å². The summed E-state index contributed by atoms with van der Waals surface area (Å²) in [4.78, 5) is 24.6. The highest BCUT2D eigenvalue weighted by molar-refractivity contribution is 5.75. The first kappa shape index (κ1) is 13.7. The van der Waals surface area contributed by atoms with E-state index in [1.165, 1.54) is 12.8 Å². The van der Waals surface area contributed by atoms with Crippen LogP contribution in [-0.4, -0.2) is 54.4 Å². The van der Waals surface area contributed by atoms with Gasteiger partial charge in [0.05, 0.1) is 12.1 Å². The molecule has 2 amide bonds. The first-order chi connectivity index (χ1) is 9.61. The summed E-state index contributed by atoms with van der Waals surface area (Å²) in [5, 5.41) is 11.4. The molecule has 2 bridgehead atoms. The molecule has 2 aliphatic carbocycles. The van der Waals surface area contributed by atoms with Gasteiger partial charge in [0.1, 0.15) is 0 Å². The Morgan fingerprint density at radius 1 is 1.35 bits per heavy atom. The molecule has 0 unspecified atom stereocenters. The van der Waals surface area contributed by atoms with Crippen LogP contribution in [0.2, 0.25) is 0 Å². The number of carboxylic acids is 1. The number of carbonyl (C=O) groups excluding carboxylic acids is 1. The SMILES string of the molecule is CO[C@@H]1[C@H]2C[C@H]3CN(C(=O)NCCCC(=O)O)[C@@H]1[C@H]3C2. The molecule has 1 saturated heterocycles. The number of carbonyl (C=O) groups is 2. The van der Waals surface area contributed by atoms with E-state index in [0.717, 1.165) is 6.54 Å². The lowest BCUT2D eigenvalue weighted by Gasteiger charge is -2.31. The van der Waals surface area contributed by atoms with Crippen molar-refractivity contribution >= 4 is 12.0 Å². The molecule has 0 spiro atoms. The molecule has 6 heteroatoms. The number of fused-ring (bicyclic) bond motifs is 1. The molecule has 1 heterocycles. The molecule has 2 saturated carbocycles. The molecular weight excluding hydrogens is 260 g/mol. The van der Waals surface area contributed by atoms with Gasteiger partial charge in [-0.3, -0.25) is 4.79 Å². The van der Waals surface area contributed by atoms with Gasteiger partial charge in [-0.15, -0.1) is 0 Å². The number of hydrogen-bond donors (Lipinski definition) is 2. The van der Waals surface area contributed by atoms with Crippen LogP contribution in [0, 0.1) is 17.8 Å². The fraction of sp³-hybridized carbons (Fsp3) is 0.857. The highest BCUT2D eigenvalue weighted by atomic mass is 16.5. The monoisotopic (exact) mass is 282 g/mol. The second-order valence-corrected chi connectivity index (χ2v) is 6.23. The quantitative estimate of drug-likeness (QED) is 0.735. The number of methoxy groups -OCH3 is 1. The van der Waals surface area contributed by atoms with E-state index in [2.05, 4.69) is 5.32 Å². The Bertz CT molecular complexity index is 412. The summed E-state index contributed by atoms with van der Waals surface area (Å²) in [6, 6.07) is 0.167. The molecule has 1 aliphatic heterocycles. The zero-order valence-electron chi connectivity index (χ0n) is 11.7. The third-order valence-electron chi connectivity index (χ3n) is 5.19. The maximum atomic E-state index is 12.3. The van der Waals surface area contributed by atoms with Gasteiger partial charge in [-0.2, -0.15) is 0 Å². The van der Waals surface area contributed by atoms with Crippen LogP contribution < -0.4 is 5.32 Å². The van der Waals surface area contributed by atoms with Gasteiger partial charge in [0.25, 0.3) is 0 Å². The zero-order valence-corrected chi connectivity index (χ0v) is 11.7. The van der Waals surface area contributed by atoms with Crippen LogP contribution in [0.1, 0.15) is 25.7 Å². The first-order valence-corrected chi connectivity index (χ1v) is 7.41. The summed E-state index contributed by atoms with van der Waals surface area (Å²) in [6.07, 6.45) is 3.13. The lowest BCUT2D eigenvalue weighted by molar-refractivity contribution is -0.137. The number of likely N-dealkylation sites (tertiary alicyclic amines) is 1. The van der Waals surface area contributed by atoms with Crippen LogP contribution in [-0.2, 0) is 9.53 Å². The highest BCUT2D eigenvalue weighted by Gasteiger charge is 2.60. The van der Waals surface area contributed by atoms with Crippen molar-refractivity contribution in [2.75, 3.05) is 20.2 Å². The molecule has 0 aromatic rings. The Labute approximate surface area is 118 Å². The van der Waals surface area contributed by atoms with Crippen LogP contribution in [0.25, 0.3) is 0 Å². The normalized spacial score (nSPS) is 37.5. The van der Waals surface area contributed by atoms with E-state index < -0.39 is 5.97 Å². The van der Waals surface area contributed by atoms with Crippen LogP contribution in [0.3, 0.4) is 0 Å². The zero-order chi connectivity index (χ0) is 14.3. The number of hydrogen-bond acceptors (Lipinski definition) is 3. The third-order valence-corrected chi connectivity index (χ3v) is 5.19. The number of urea groups is 1. The Morgan fingerprint density at radius 3 is 2.85 bits per heavy atom. The predicted octanol–water partition coefficient (Wildman–Crippen LogP) is 0.916. The maximum Gasteiger partial charge on any atom is 0.317 e. The number of ether oxygens (including phenoxy) is 1. The van der Waals surface area contributed by atoms with Gasteiger partial charge < -0.3 is 20.1 Å². The molecule has 0 radical (unpaired) electrons. The summed E-state index contributed by atoms with van der Waals surface area (Å²) < 4.78 is 5.61. The second-order valence-electron chi connectivity index (χ2n) is 6.23. The van der Waals surface area contributed by atoms with Gasteiger partial charge in [-0.05, 0) is 37.0 Å². The molecule has 0 aromatic heterocycles. The summed E-state index contributed by atoms with van der Waals surface area (Å²) >= 11 is 0. The Hall–Kier alpha value is -1.30. The molecule has 20 heavy (non-hydrogen) atoms. The van der Waals surface area contributed by atoms with Crippen molar-refractivity contribution in [3.8, 4) is 0 Å². The van der Waals surface area contributed by atoms with Gasteiger partial charge in [0.15, 0.2) is 0 Å². The second kappa shape index (κ2) is 5.24. The van der Waals surface area contributed by atoms with Crippen LogP contribution in [0.5, 0.6) is 0 Å². The molecule has 2 N–H and O–H groups in total. The first-order valence-electron chi connectivity index (χ1n) is 7.41. The Balaban J connectivity index is 1.55. The van der Waals surface area contributed by atoms with Gasteiger partial charge >= 0.3 is 12.0 Å². The fourth-order valence-electron chi connectivity index (χ4n) is 4.49. The predicted molar refractivity (Wildman–Crippen MR) is 71.3 cm³/mol. The smallest absolute Gasteiger partial charge is 0.317 e. The van der Waals surface area contributed by atoms with Crippen molar-refractivity contribution in [1.82, 2.24) is 10.2 Å². The third kappa shape index (κ3) is 2.16. The average molecular weight is 282 g/mol. The lowest BCUT2D eigenvalue weighted by atomic mass is 9.88. The number of nitrogens with zero attached hydrogens (tertiary/aromatic N) is 1. The van der Waals surface area contributed by atoms with Crippen LogP contribution in [0.15, 0.2) is 0 Å². The fourth-order valence-corrected chi connectivity index (χ4v) is 4.49. The average Bonchev–Trinajstić information content (AvgIpc) is 3.01. The number of amides is 2. The van der Waals surface area contributed by atoms with E-state index in [-0.39, 0.29) is 24.6 Å². The van der Waals surface area contributed by atoms with Crippen LogP contribution >= 0.6 is 0 Å². The van der Waals surface area contributed by atoms with Gasteiger partial charge in [0, 0.05) is 26.6 Å². The van der Waals surface area contributed by atoms with E-state index >= 15 is 0 Å². The number of rotatable bonds is 5. The summed E-state index contributed by atoms with van der Waals surface area (Å²) in [5.74, 6) is 1.04. The topological polar surface area (TPSA) is 78.9 Å². The minimum Gasteiger partial charge on any atom is -0.481 e. The lowest BCUT2D eigenvalue weighted by Crippen LogP contribution is -2.48. The minimum absolute atomic E-state index is 0.0579. The van der Waals surface area contributed by atoms with E-state index in [0.29, 0.717) is 30.7 Å². The number of nitrogens with one attached hydrogen (secondary N) is 1. The summed E-state index contributed by atoms with van der Waals surface area (Å²) in [7, 11) is 1.74. The Morgan fingerprint density at radius 2 is 2.15 bits per heavy atom. The van der Waals surface area contributed by atoms with Gasteiger partial charge in [-0.1, -0.05) is 0 Å². The summed E-state index contributed by atoms with van der Waals surface area (Å²) in [5.41, 5.74) is 0. The van der Waals surface area contributed by atoms with E-state index in [1.807, 2.05) is 4.90 Å². The van der Waals surface area contributed by atoms with Crippen molar-refractivity contribution in [3.63, 3.8) is 0 Å². The summed E-state index contributed by atoms with van der Waals surface area (Å²) in [6.45, 7) is 1.25. The number of aliphatic carboxylic acids is 1. The molecule has 3 rings (SSSR count). The molecule has 0 aromatic carbocycles.